The van der Waals surface area contributed by atoms with Gasteiger partial charge in [-0.15, -0.1) is 0 Å². The highest BCUT2D eigenvalue weighted by atomic mass is 32.1. The molecule has 1 saturated heterocycles. The van der Waals surface area contributed by atoms with Crippen LogP contribution in [0.3, 0.4) is 0 Å². The first-order valence-electron chi connectivity index (χ1n) is 9.09. The molecular formula is C21H19F2N3OS. The summed E-state index contributed by atoms with van der Waals surface area (Å²) in [5, 5.41) is 0. The molecule has 0 bridgehead atoms. The summed E-state index contributed by atoms with van der Waals surface area (Å²) in [5.74, 6) is -1.44. The molecule has 1 fully saturated rings. The summed E-state index contributed by atoms with van der Waals surface area (Å²) in [5.41, 5.74) is 0.253. The Morgan fingerprint density at radius 2 is 1.71 bits per heavy atom. The first-order chi connectivity index (χ1) is 13.4. The fraction of sp³-hybridized carbons (Fsp3) is 0.286. The SMILES string of the molecule is CN1CCC2(CC1)N=C(c1ccc(F)cc1)C(=S)N2C(=O)c1ccccc1F. The van der Waals surface area contributed by atoms with Gasteiger partial charge in [0.2, 0.25) is 0 Å². The summed E-state index contributed by atoms with van der Waals surface area (Å²) in [7, 11) is 2.01. The highest BCUT2D eigenvalue weighted by molar-refractivity contribution is 7.82. The van der Waals surface area contributed by atoms with E-state index in [2.05, 4.69) is 4.90 Å². The number of aliphatic imine (C=N–C) groups is 1. The molecule has 2 aliphatic heterocycles. The van der Waals surface area contributed by atoms with Crippen LogP contribution >= 0.6 is 12.2 Å². The summed E-state index contributed by atoms with van der Waals surface area (Å²) in [6.45, 7) is 1.48. The summed E-state index contributed by atoms with van der Waals surface area (Å²) in [6.07, 6.45) is 1.18. The number of likely N-dealkylation sites (tertiary alicyclic amines) is 1. The summed E-state index contributed by atoms with van der Waals surface area (Å²) in [6, 6.07) is 11.7. The Morgan fingerprint density at radius 1 is 1.07 bits per heavy atom. The molecule has 2 aromatic carbocycles. The molecule has 0 N–H and O–H groups in total. The van der Waals surface area contributed by atoms with Gasteiger partial charge in [-0.2, -0.15) is 0 Å². The van der Waals surface area contributed by atoms with E-state index in [1.54, 1.807) is 24.3 Å². The van der Waals surface area contributed by atoms with Crippen molar-refractivity contribution < 1.29 is 13.6 Å². The number of hydrogen-bond acceptors (Lipinski definition) is 4. The van der Waals surface area contributed by atoms with Crippen LogP contribution in [0.1, 0.15) is 28.8 Å². The molecule has 0 radical (unpaired) electrons. The summed E-state index contributed by atoms with van der Waals surface area (Å²) in [4.78, 5) is 22.1. The van der Waals surface area contributed by atoms with Crippen molar-refractivity contribution in [1.82, 2.24) is 9.80 Å². The second kappa shape index (κ2) is 7.14. The second-order valence-corrected chi connectivity index (χ2v) is 7.57. The molecule has 4 nitrogen and oxygen atoms in total. The first-order valence-corrected chi connectivity index (χ1v) is 9.50. The largest absolute Gasteiger partial charge is 0.306 e. The smallest absolute Gasteiger partial charge is 0.263 e. The number of thiocarbonyl (C=S) groups is 1. The lowest BCUT2D eigenvalue weighted by Gasteiger charge is -2.41. The van der Waals surface area contributed by atoms with Gasteiger partial charge in [0, 0.05) is 31.5 Å². The summed E-state index contributed by atoms with van der Waals surface area (Å²) < 4.78 is 27.7. The minimum atomic E-state index is -0.841. The Balaban J connectivity index is 1.78. The van der Waals surface area contributed by atoms with Crippen molar-refractivity contribution in [1.29, 1.82) is 0 Å². The standard InChI is InChI=1S/C21H19F2N3OS/c1-25-12-10-21(11-13-25)24-18(14-6-8-15(22)9-7-14)20(28)26(21)19(27)16-4-2-3-5-17(16)23/h2-9H,10-13H2,1H3. The molecule has 2 aromatic rings. The third-order valence-electron chi connectivity index (χ3n) is 5.35. The van der Waals surface area contributed by atoms with Gasteiger partial charge in [-0.05, 0) is 43.4 Å². The van der Waals surface area contributed by atoms with Gasteiger partial charge in [-0.1, -0.05) is 24.4 Å². The molecule has 0 saturated carbocycles. The highest BCUT2D eigenvalue weighted by Gasteiger charge is 2.50. The average molecular weight is 399 g/mol. The molecule has 2 aliphatic rings. The van der Waals surface area contributed by atoms with Crippen molar-refractivity contribution in [3.63, 3.8) is 0 Å². The van der Waals surface area contributed by atoms with Crippen molar-refractivity contribution in [2.24, 2.45) is 4.99 Å². The van der Waals surface area contributed by atoms with Crippen molar-refractivity contribution in [3.05, 3.63) is 71.3 Å². The number of carbonyl (C=O) groups excluding carboxylic acids is 1. The number of piperidine rings is 1. The third-order valence-corrected chi connectivity index (χ3v) is 5.73. The lowest BCUT2D eigenvalue weighted by atomic mass is 9.95. The second-order valence-electron chi connectivity index (χ2n) is 7.18. The maximum absolute atomic E-state index is 14.3. The van der Waals surface area contributed by atoms with Gasteiger partial charge in [-0.3, -0.25) is 14.7 Å². The molecule has 2 heterocycles. The molecule has 0 aromatic heterocycles. The topological polar surface area (TPSA) is 35.9 Å². The Hall–Kier alpha value is -2.51. The average Bonchev–Trinajstić information content (AvgIpc) is 2.97. The quantitative estimate of drug-likeness (QED) is 0.723. The predicted octanol–water partition coefficient (Wildman–Crippen LogP) is 3.66. The van der Waals surface area contributed by atoms with Crippen molar-refractivity contribution in [3.8, 4) is 0 Å². The monoisotopic (exact) mass is 399 g/mol. The van der Waals surface area contributed by atoms with Crippen LogP contribution < -0.4 is 0 Å². The number of rotatable bonds is 2. The van der Waals surface area contributed by atoms with Gasteiger partial charge >= 0.3 is 0 Å². The zero-order chi connectivity index (χ0) is 19.9. The lowest BCUT2D eigenvalue weighted by Crippen LogP contribution is -2.55. The van der Waals surface area contributed by atoms with Crippen LogP contribution in [0, 0.1) is 11.6 Å². The van der Waals surface area contributed by atoms with Crippen LogP contribution in [0.2, 0.25) is 0 Å². The number of nitrogens with zero attached hydrogens (tertiary/aromatic N) is 3. The molecule has 1 spiro atoms. The zero-order valence-corrected chi connectivity index (χ0v) is 16.2. The van der Waals surface area contributed by atoms with Gasteiger partial charge in [-0.25, -0.2) is 8.78 Å². The number of halogens is 2. The summed E-state index contributed by atoms with van der Waals surface area (Å²) >= 11 is 5.62. The number of benzene rings is 2. The molecule has 0 atom stereocenters. The van der Waals surface area contributed by atoms with E-state index in [0.717, 1.165) is 13.1 Å². The molecule has 1 amide bonds. The minimum Gasteiger partial charge on any atom is -0.306 e. The van der Waals surface area contributed by atoms with E-state index in [9.17, 15) is 13.6 Å². The van der Waals surface area contributed by atoms with Crippen LogP contribution in [-0.4, -0.2) is 52.2 Å². The normalized spacial score (nSPS) is 19.2. The molecule has 0 aliphatic carbocycles. The van der Waals surface area contributed by atoms with E-state index < -0.39 is 17.4 Å². The van der Waals surface area contributed by atoms with Crippen LogP contribution in [0.15, 0.2) is 53.5 Å². The molecule has 4 rings (SSSR count). The maximum atomic E-state index is 14.3. The van der Waals surface area contributed by atoms with Crippen molar-refractivity contribution in [2.45, 2.75) is 18.5 Å². The lowest BCUT2D eigenvalue weighted by molar-refractivity contribution is 0.0567. The van der Waals surface area contributed by atoms with E-state index in [1.165, 1.54) is 29.2 Å². The Kier molecular flexibility index (Phi) is 4.81. The number of carbonyl (C=O) groups is 1. The maximum Gasteiger partial charge on any atom is 0.263 e. The van der Waals surface area contributed by atoms with Gasteiger partial charge in [0.15, 0.2) is 0 Å². The molecular weight excluding hydrogens is 380 g/mol. The van der Waals surface area contributed by atoms with Crippen molar-refractivity contribution in [2.75, 3.05) is 20.1 Å². The van der Waals surface area contributed by atoms with E-state index in [-0.39, 0.29) is 16.4 Å². The fourth-order valence-corrected chi connectivity index (χ4v) is 4.16. The van der Waals surface area contributed by atoms with Crippen LogP contribution in [-0.2, 0) is 0 Å². The van der Waals surface area contributed by atoms with E-state index in [4.69, 9.17) is 17.2 Å². The molecule has 0 unspecified atom stereocenters. The van der Waals surface area contributed by atoms with Crippen LogP contribution in [0.5, 0.6) is 0 Å². The van der Waals surface area contributed by atoms with Crippen LogP contribution in [0.25, 0.3) is 0 Å². The van der Waals surface area contributed by atoms with E-state index >= 15 is 0 Å². The van der Waals surface area contributed by atoms with E-state index in [1.807, 2.05) is 7.05 Å². The van der Waals surface area contributed by atoms with Crippen molar-refractivity contribution >= 4 is 28.8 Å². The zero-order valence-electron chi connectivity index (χ0n) is 15.4. The highest BCUT2D eigenvalue weighted by Crippen LogP contribution is 2.38. The molecule has 7 heteroatoms. The van der Waals surface area contributed by atoms with Gasteiger partial charge in [0.05, 0.1) is 5.56 Å². The van der Waals surface area contributed by atoms with Crippen LogP contribution in [0.4, 0.5) is 8.78 Å². The van der Waals surface area contributed by atoms with Gasteiger partial charge in [0.25, 0.3) is 5.91 Å². The minimum absolute atomic E-state index is 0.0290. The molecule has 28 heavy (non-hydrogen) atoms. The fourth-order valence-electron chi connectivity index (χ4n) is 3.75. The Morgan fingerprint density at radius 3 is 2.36 bits per heavy atom. The van der Waals surface area contributed by atoms with Gasteiger partial charge < -0.3 is 4.90 Å². The molecule has 144 valence electrons. The Bertz CT molecular complexity index is 966. The predicted molar refractivity (Wildman–Crippen MR) is 108 cm³/mol. The number of hydrogen-bond donors (Lipinski definition) is 0. The Labute approximate surface area is 167 Å². The van der Waals surface area contributed by atoms with Gasteiger partial charge in [0.1, 0.15) is 28.0 Å². The third kappa shape index (κ3) is 3.14. The van der Waals surface area contributed by atoms with E-state index in [0.29, 0.717) is 24.1 Å². The first kappa shape index (κ1) is 18.8. The number of amides is 1.